The highest BCUT2D eigenvalue weighted by molar-refractivity contribution is 7.22. The van der Waals surface area contributed by atoms with Gasteiger partial charge in [0.05, 0.1) is 0 Å². The van der Waals surface area contributed by atoms with Gasteiger partial charge in [0.2, 0.25) is 0 Å². The van der Waals surface area contributed by atoms with Gasteiger partial charge in [-0.2, -0.15) is 0 Å². The topological polar surface area (TPSA) is 76.0 Å². The standard InChI is InChI=1S/C17H9FN2O3S/c18-11-3-1-9(2-4-11)12-13-15(20-17(22)23-16(13)21)24-14(12)10-5-7-19-8-6-10/h1-8H,(H,20,22). The van der Waals surface area contributed by atoms with Crippen LogP contribution in [0.5, 0.6) is 0 Å². The Labute approximate surface area is 138 Å². The highest BCUT2D eigenvalue weighted by Gasteiger charge is 2.20. The van der Waals surface area contributed by atoms with Gasteiger partial charge in [-0.1, -0.05) is 12.1 Å². The molecule has 4 rings (SSSR count). The van der Waals surface area contributed by atoms with E-state index < -0.39 is 11.4 Å². The van der Waals surface area contributed by atoms with Crippen LogP contribution in [-0.2, 0) is 0 Å². The van der Waals surface area contributed by atoms with E-state index in [4.69, 9.17) is 0 Å². The largest absolute Gasteiger partial charge is 0.420 e. The van der Waals surface area contributed by atoms with E-state index in [1.54, 1.807) is 36.7 Å². The average molecular weight is 340 g/mol. The zero-order chi connectivity index (χ0) is 16.7. The van der Waals surface area contributed by atoms with Gasteiger partial charge in [-0.05, 0) is 35.4 Å². The monoisotopic (exact) mass is 340 g/mol. The lowest BCUT2D eigenvalue weighted by Crippen LogP contribution is -2.13. The number of fused-ring (bicyclic) bond motifs is 1. The molecule has 118 valence electrons. The molecule has 0 amide bonds. The van der Waals surface area contributed by atoms with Gasteiger partial charge in [0.1, 0.15) is 16.0 Å². The smallest absolute Gasteiger partial charge is 0.372 e. The molecule has 0 bridgehead atoms. The first kappa shape index (κ1) is 14.5. The third-order valence-corrected chi connectivity index (χ3v) is 4.74. The maximum atomic E-state index is 13.3. The maximum Gasteiger partial charge on any atom is 0.420 e. The number of rotatable bonds is 2. The summed E-state index contributed by atoms with van der Waals surface area (Å²) in [5, 5.41) is 0.276. The van der Waals surface area contributed by atoms with Gasteiger partial charge in [0, 0.05) is 22.8 Å². The van der Waals surface area contributed by atoms with Crippen molar-refractivity contribution in [1.29, 1.82) is 0 Å². The molecule has 3 aromatic heterocycles. The second-order valence-corrected chi connectivity index (χ2v) is 6.08. The number of hydrogen-bond donors (Lipinski definition) is 1. The lowest BCUT2D eigenvalue weighted by Gasteiger charge is -2.04. The molecule has 0 atom stereocenters. The molecule has 0 saturated heterocycles. The molecule has 0 aliphatic carbocycles. The van der Waals surface area contributed by atoms with Gasteiger partial charge in [-0.15, -0.1) is 11.3 Å². The fraction of sp³-hybridized carbons (Fsp3) is 0. The number of benzene rings is 1. The van der Waals surface area contributed by atoms with Crippen LogP contribution in [0.4, 0.5) is 4.39 Å². The van der Waals surface area contributed by atoms with Crippen LogP contribution in [0, 0.1) is 5.82 Å². The van der Waals surface area contributed by atoms with Crippen LogP contribution >= 0.6 is 11.3 Å². The number of thiophene rings is 1. The van der Waals surface area contributed by atoms with E-state index in [9.17, 15) is 14.0 Å². The molecule has 0 unspecified atom stereocenters. The molecule has 1 N–H and O–H groups in total. The summed E-state index contributed by atoms with van der Waals surface area (Å²) in [7, 11) is 0. The zero-order valence-corrected chi connectivity index (χ0v) is 12.9. The maximum absolute atomic E-state index is 13.3. The van der Waals surface area contributed by atoms with Crippen molar-refractivity contribution in [2.24, 2.45) is 0 Å². The average Bonchev–Trinajstić information content (AvgIpc) is 2.96. The van der Waals surface area contributed by atoms with E-state index in [-0.39, 0.29) is 11.2 Å². The molecule has 1 aromatic carbocycles. The number of aromatic amines is 1. The molecule has 4 aromatic rings. The molecule has 3 heterocycles. The van der Waals surface area contributed by atoms with Crippen LogP contribution in [0.15, 0.2) is 62.8 Å². The first-order valence-electron chi connectivity index (χ1n) is 7.00. The van der Waals surface area contributed by atoms with Crippen molar-refractivity contribution in [3.05, 3.63) is 75.6 Å². The number of nitrogens with zero attached hydrogens (tertiary/aromatic N) is 1. The van der Waals surface area contributed by atoms with Crippen LogP contribution in [0.3, 0.4) is 0 Å². The van der Waals surface area contributed by atoms with E-state index in [2.05, 4.69) is 14.4 Å². The number of nitrogens with one attached hydrogen (secondary N) is 1. The number of hydrogen-bond acceptors (Lipinski definition) is 5. The second kappa shape index (κ2) is 5.54. The highest BCUT2D eigenvalue weighted by atomic mass is 32.1. The van der Waals surface area contributed by atoms with Gasteiger partial charge in [-0.3, -0.25) is 9.97 Å². The lowest BCUT2D eigenvalue weighted by molar-refractivity contribution is 0.461. The summed E-state index contributed by atoms with van der Waals surface area (Å²) in [5.74, 6) is -1.18. The summed E-state index contributed by atoms with van der Waals surface area (Å²) >= 11 is 1.27. The molecule has 5 nitrogen and oxygen atoms in total. The molecule has 0 spiro atoms. The van der Waals surface area contributed by atoms with E-state index in [0.717, 1.165) is 10.4 Å². The molecule has 7 heteroatoms. The fourth-order valence-corrected chi connectivity index (χ4v) is 3.77. The van der Waals surface area contributed by atoms with Crippen LogP contribution in [0.2, 0.25) is 0 Å². The third kappa shape index (κ3) is 2.35. The minimum atomic E-state index is -0.805. The number of halogens is 1. The predicted molar refractivity (Wildman–Crippen MR) is 89.6 cm³/mol. The summed E-state index contributed by atoms with van der Waals surface area (Å²) in [6, 6.07) is 9.43. The van der Waals surface area contributed by atoms with Crippen molar-refractivity contribution in [3.63, 3.8) is 0 Å². The molecule has 0 aliphatic heterocycles. The quantitative estimate of drug-likeness (QED) is 0.607. The van der Waals surface area contributed by atoms with Crippen molar-refractivity contribution in [3.8, 4) is 21.6 Å². The molecular formula is C17H9FN2O3S. The second-order valence-electron chi connectivity index (χ2n) is 5.06. The van der Waals surface area contributed by atoms with Crippen LogP contribution < -0.4 is 11.4 Å². The third-order valence-electron chi connectivity index (χ3n) is 3.59. The molecule has 0 saturated carbocycles. The lowest BCUT2D eigenvalue weighted by atomic mass is 10.0. The Morgan fingerprint density at radius 3 is 2.42 bits per heavy atom. The van der Waals surface area contributed by atoms with E-state index in [0.29, 0.717) is 16.0 Å². The Balaban J connectivity index is 2.14. The minimum Gasteiger partial charge on any atom is -0.372 e. The summed E-state index contributed by atoms with van der Waals surface area (Å²) in [6.45, 7) is 0. The zero-order valence-electron chi connectivity index (χ0n) is 12.1. The Hall–Kier alpha value is -3.06. The summed E-state index contributed by atoms with van der Waals surface area (Å²) in [6.07, 6.45) is 3.28. The van der Waals surface area contributed by atoms with Crippen LogP contribution in [0.1, 0.15) is 0 Å². The van der Waals surface area contributed by atoms with E-state index in [1.165, 1.54) is 23.5 Å². The highest BCUT2D eigenvalue weighted by Crippen LogP contribution is 2.42. The predicted octanol–water partition coefficient (Wildman–Crippen LogP) is 3.41. The van der Waals surface area contributed by atoms with Gasteiger partial charge < -0.3 is 4.42 Å². The number of H-pyrrole nitrogens is 1. The van der Waals surface area contributed by atoms with Crippen LogP contribution in [0.25, 0.3) is 31.8 Å². The van der Waals surface area contributed by atoms with E-state index in [1.807, 2.05) is 0 Å². The fourth-order valence-electron chi connectivity index (χ4n) is 2.57. The number of pyridine rings is 1. The van der Waals surface area contributed by atoms with Crippen molar-refractivity contribution >= 4 is 21.6 Å². The Morgan fingerprint density at radius 1 is 1.00 bits per heavy atom. The van der Waals surface area contributed by atoms with E-state index >= 15 is 0 Å². The van der Waals surface area contributed by atoms with Gasteiger partial charge in [0.25, 0.3) is 0 Å². The molecule has 0 radical (unpaired) electrons. The van der Waals surface area contributed by atoms with Crippen molar-refractivity contribution in [1.82, 2.24) is 9.97 Å². The van der Waals surface area contributed by atoms with Crippen molar-refractivity contribution in [2.45, 2.75) is 0 Å². The molecule has 0 aliphatic rings. The summed E-state index contributed by atoms with van der Waals surface area (Å²) in [5.41, 5.74) is 1.38. The first-order chi connectivity index (χ1) is 11.6. The first-order valence-corrected chi connectivity index (χ1v) is 7.81. The Morgan fingerprint density at radius 2 is 1.71 bits per heavy atom. The minimum absolute atomic E-state index is 0.276. The number of aromatic nitrogens is 2. The Kier molecular flexibility index (Phi) is 3.35. The van der Waals surface area contributed by atoms with Crippen molar-refractivity contribution in [2.75, 3.05) is 0 Å². The normalized spacial score (nSPS) is 11.0. The van der Waals surface area contributed by atoms with Gasteiger partial charge >= 0.3 is 11.4 Å². The van der Waals surface area contributed by atoms with Gasteiger partial charge in [-0.25, -0.2) is 14.0 Å². The summed E-state index contributed by atoms with van der Waals surface area (Å²) < 4.78 is 17.9. The summed E-state index contributed by atoms with van der Waals surface area (Å²) in [4.78, 5) is 31.4. The van der Waals surface area contributed by atoms with Crippen molar-refractivity contribution < 1.29 is 8.81 Å². The molecule has 24 heavy (non-hydrogen) atoms. The van der Waals surface area contributed by atoms with Crippen LogP contribution in [-0.4, -0.2) is 9.97 Å². The van der Waals surface area contributed by atoms with Gasteiger partial charge in [0.15, 0.2) is 0 Å². The molecular weight excluding hydrogens is 331 g/mol. The molecule has 0 fully saturated rings. The Bertz CT molecular complexity index is 1140. The SMILES string of the molecule is O=c1[nH]c2sc(-c3ccncc3)c(-c3ccc(F)cc3)c2c(=O)o1.